The van der Waals surface area contributed by atoms with E-state index in [4.69, 9.17) is 4.74 Å². The van der Waals surface area contributed by atoms with Gasteiger partial charge in [-0.2, -0.15) is 0 Å². The predicted molar refractivity (Wildman–Crippen MR) is 102 cm³/mol. The molecule has 0 radical (unpaired) electrons. The topological polar surface area (TPSA) is 64.1 Å². The van der Waals surface area contributed by atoms with Crippen LogP contribution in [-0.2, 0) is 22.4 Å². The maximum absolute atomic E-state index is 12.2. The third kappa shape index (κ3) is 3.83. The van der Waals surface area contributed by atoms with Crippen LogP contribution in [0.15, 0.2) is 5.03 Å². The van der Waals surface area contributed by atoms with E-state index in [1.807, 2.05) is 18.3 Å². The fourth-order valence-electron chi connectivity index (χ4n) is 3.55. The summed E-state index contributed by atoms with van der Waals surface area (Å²) in [5, 5.41) is 5.15. The van der Waals surface area contributed by atoms with Crippen molar-refractivity contribution in [1.29, 1.82) is 0 Å². The molecule has 1 saturated heterocycles. The Hall–Kier alpha value is -1.18. The molecule has 2 aliphatic rings. The van der Waals surface area contributed by atoms with E-state index in [1.54, 1.807) is 0 Å². The predicted octanol–water partition coefficient (Wildman–Crippen LogP) is 3.27. The number of fused-ring (bicyclic) bond motifs is 3. The number of nitrogens with zero attached hydrogens (tertiary/aromatic N) is 2. The van der Waals surface area contributed by atoms with Crippen LogP contribution in [0.1, 0.15) is 41.9 Å². The monoisotopic (exact) mass is 377 g/mol. The molecule has 0 unspecified atom stereocenters. The molecule has 134 valence electrons. The molecular weight excluding hydrogens is 354 g/mol. The van der Waals surface area contributed by atoms with Crippen molar-refractivity contribution < 1.29 is 9.53 Å². The van der Waals surface area contributed by atoms with E-state index in [-0.39, 0.29) is 12.0 Å². The zero-order chi connectivity index (χ0) is 17.2. The van der Waals surface area contributed by atoms with E-state index in [2.05, 4.69) is 15.3 Å². The number of carbonyl (C=O) groups excluding carboxylic acids is 1. The van der Waals surface area contributed by atoms with Crippen LogP contribution in [0.4, 0.5) is 0 Å². The van der Waals surface area contributed by atoms with Gasteiger partial charge in [0.1, 0.15) is 15.7 Å². The van der Waals surface area contributed by atoms with Crippen LogP contribution in [0.5, 0.6) is 0 Å². The largest absolute Gasteiger partial charge is 0.376 e. The van der Waals surface area contributed by atoms with Crippen LogP contribution >= 0.6 is 23.1 Å². The van der Waals surface area contributed by atoms with Gasteiger partial charge >= 0.3 is 0 Å². The van der Waals surface area contributed by atoms with Crippen LogP contribution in [0, 0.1) is 6.92 Å². The molecular formula is C18H23N3O2S2. The molecule has 5 nitrogen and oxygen atoms in total. The quantitative estimate of drug-likeness (QED) is 0.640. The zero-order valence-electron chi connectivity index (χ0n) is 14.5. The van der Waals surface area contributed by atoms with Crippen LogP contribution in [0.3, 0.4) is 0 Å². The molecule has 1 atom stereocenters. The molecule has 1 aliphatic carbocycles. The van der Waals surface area contributed by atoms with Crippen molar-refractivity contribution in [2.75, 3.05) is 18.9 Å². The second-order valence-electron chi connectivity index (χ2n) is 6.69. The SMILES string of the molecule is Cc1nc(SCC(=O)NC[C@@H]2CCCO2)c2c3c(sc2n1)CCCC3. The van der Waals surface area contributed by atoms with E-state index in [0.29, 0.717) is 12.3 Å². The number of ether oxygens (including phenoxy) is 1. The maximum Gasteiger partial charge on any atom is 0.230 e. The Morgan fingerprint density at radius 1 is 1.32 bits per heavy atom. The summed E-state index contributed by atoms with van der Waals surface area (Å²) in [4.78, 5) is 24.0. The fourth-order valence-corrected chi connectivity index (χ4v) is 5.85. The lowest BCUT2D eigenvalue weighted by atomic mass is 9.97. The molecule has 1 fully saturated rings. The van der Waals surface area contributed by atoms with Gasteiger partial charge in [0, 0.05) is 23.4 Å². The van der Waals surface area contributed by atoms with Gasteiger partial charge in [-0.25, -0.2) is 9.97 Å². The normalized spacial score (nSPS) is 20.0. The molecule has 2 aromatic heterocycles. The van der Waals surface area contributed by atoms with Crippen LogP contribution in [0.2, 0.25) is 0 Å². The molecule has 2 aromatic rings. The smallest absolute Gasteiger partial charge is 0.230 e. The Morgan fingerprint density at radius 3 is 3.04 bits per heavy atom. The lowest BCUT2D eigenvalue weighted by molar-refractivity contribution is -0.119. The highest BCUT2D eigenvalue weighted by molar-refractivity contribution is 8.00. The summed E-state index contributed by atoms with van der Waals surface area (Å²) in [7, 11) is 0. The highest BCUT2D eigenvalue weighted by atomic mass is 32.2. The van der Waals surface area contributed by atoms with Crippen molar-refractivity contribution in [3.05, 3.63) is 16.3 Å². The number of thioether (sulfide) groups is 1. The second-order valence-corrected chi connectivity index (χ2v) is 8.74. The van der Waals surface area contributed by atoms with Crippen molar-refractivity contribution in [2.24, 2.45) is 0 Å². The lowest BCUT2D eigenvalue weighted by Gasteiger charge is -2.12. The maximum atomic E-state index is 12.2. The lowest BCUT2D eigenvalue weighted by Crippen LogP contribution is -2.32. The van der Waals surface area contributed by atoms with Gasteiger partial charge in [0.2, 0.25) is 5.91 Å². The van der Waals surface area contributed by atoms with Gasteiger partial charge in [0.05, 0.1) is 11.9 Å². The minimum atomic E-state index is 0.0500. The van der Waals surface area contributed by atoms with Crippen molar-refractivity contribution in [1.82, 2.24) is 15.3 Å². The van der Waals surface area contributed by atoms with Gasteiger partial charge in [0.15, 0.2) is 0 Å². The summed E-state index contributed by atoms with van der Waals surface area (Å²) < 4.78 is 5.55. The van der Waals surface area contributed by atoms with E-state index in [0.717, 1.165) is 48.0 Å². The van der Waals surface area contributed by atoms with Gasteiger partial charge in [-0.1, -0.05) is 11.8 Å². The molecule has 1 aliphatic heterocycles. The summed E-state index contributed by atoms with van der Waals surface area (Å²) in [5.74, 6) is 1.23. The van der Waals surface area contributed by atoms with E-state index < -0.39 is 0 Å². The van der Waals surface area contributed by atoms with Gasteiger partial charge in [-0.05, 0) is 51.0 Å². The molecule has 7 heteroatoms. The molecule has 25 heavy (non-hydrogen) atoms. The van der Waals surface area contributed by atoms with Crippen LogP contribution in [0.25, 0.3) is 10.2 Å². The highest BCUT2D eigenvalue weighted by Gasteiger charge is 2.21. The molecule has 3 heterocycles. The van der Waals surface area contributed by atoms with Crippen molar-refractivity contribution in [2.45, 2.75) is 56.6 Å². The van der Waals surface area contributed by atoms with Crippen LogP contribution < -0.4 is 5.32 Å². The standard InChI is InChI=1S/C18H23N3O2S2/c1-11-20-17(24-10-15(22)19-9-12-5-4-8-23-12)16-13-6-2-3-7-14(13)25-18(16)21-11/h12H,2-10H2,1H3,(H,19,22)/t12-/m0/s1. The van der Waals surface area contributed by atoms with E-state index in [9.17, 15) is 4.79 Å². The summed E-state index contributed by atoms with van der Waals surface area (Å²) in [5.41, 5.74) is 1.42. The van der Waals surface area contributed by atoms with Gasteiger partial charge in [0.25, 0.3) is 0 Å². The highest BCUT2D eigenvalue weighted by Crippen LogP contribution is 2.39. The number of aromatic nitrogens is 2. The van der Waals surface area contributed by atoms with Gasteiger partial charge in [-0.3, -0.25) is 4.79 Å². The minimum Gasteiger partial charge on any atom is -0.376 e. The fraction of sp³-hybridized carbons (Fsp3) is 0.611. The molecule has 0 aromatic carbocycles. The molecule has 0 saturated carbocycles. The first kappa shape index (κ1) is 17.2. The Bertz CT molecular complexity index is 784. The van der Waals surface area contributed by atoms with Crippen molar-refractivity contribution in [3.8, 4) is 0 Å². The van der Waals surface area contributed by atoms with E-state index >= 15 is 0 Å². The number of aryl methyl sites for hydroxylation is 3. The van der Waals surface area contributed by atoms with Crippen molar-refractivity contribution in [3.63, 3.8) is 0 Å². The van der Waals surface area contributed by atoms with Crippen LogP contribution in [-0.4, -0.2) is 40.9 Å². The molecule has 0 spiro atoms. The first-order chi connectivity index (χ1) is 12.2. The summed E-state index contributed by atoms with van der Waals surface area (Å²) in [6, 6.07) is 0. The first-order valence-corrected chi connectivity index (χ1v) is 10.8. The number of carbonyl (C=O) groups is 1. The third-order valence-corrected chi connectivity index (χ3v) is 6.95. The second kappa shape index (κ2) is 7.60. The minimum absolute atomic E-state index is 0.0500. The van der Waals surface area contributed by atoms with E-state index in [1.165, 1.54) is 40.4 Å². The number of hydrogen-bond acceptors (Lipinski definition) is 6. The number of nitrogens with one attached hydrogen (secondary N) is 1. The summed E-state index contributed by atoms with van der Waals surface area (Å²) in [6.07, 6.45) is 7.09. The molecule has 0 bridgehead atoms. The molecule has 1 amide bonds. The Balaban J connectivity index is 1.46. The molecule has 4 rings (SSSR count). The summed E-state index contributed by atoms with van der Waals surface area (Å²) >= 11 is 3.34. The summed E-state index contributed by atoms with van der Waals surface area (Å²) in [6.45, 7) is 3.36. The number of hydrogen-bond donors (Lipinski definition) is 1. The van der Waals surface area contributed by atoms with Gasteiger partial charge < -0.3 is 10.1 Å². The number of rotatable bonds is 5. The Labute approximate surface area is 156 Å². The number of amides is 1. The van der Waals surface area contributed by atoms with Crippen molar-refractivity contribution >= 4 is 39.2 Å². The molecule has 1 N–H and O–H groups in total. The zero-order valence-corrected chi connectivity index (χ0v) is 16.1. The number of thiophene rings is 1. The third-order valence-electron chi connectivity index (χ3n) is 4.78. The first-order valence-electron chi connectivity index (χ1n) is 9.00. The average Bonchev–Trinajstić information content (AvgIpc) is 3.24. The average molecular weight is 378 g/mol. The van der Waals surface area contributed by atoms with Gasteiger partial charge in [-0.15, -0.1) is 11.3 Å². The Morgan fingerprint density at radius 2 is 2.20 bits per heavy atom. The Kier molecular flexibility index (Phi) is 5.24.